The molecule has 0 N–H and O–H groups in total. The minimum Gasteiger partial charge on any atom is -0.363 e. The van der Waals surface area contributed by atoms with Crippen molar-refractivity contribution in [3.63, 3.8) is 0 Å². The molecule has 0 atom stereocenters. The molecule has 4 heteroatoms. The first-order valence-corrected chi connectivity index (χ1v) is 18.3. The van der Waals surface area contributed by atoms with Crippen LogP contribution in [0.1, 0.15) is 11.1 Å². The van der Waals surface area contributed by atoms with Crippen molar-refractivity contribution < 1.29 is 0 Å². The van der Waals surface area contributed by atoms with E-state index < -0.39 is 0 Å². The van der Waals surface area contributed by atoms with Crippen LogP contribution in [0.5, 0.6) is 0 Å². The second kappa shape index (κ2) is 13.1. The zero-order chi connectivity index (χ0) is 36.0. The molecule has 2 aromatic heterocycles. The molecule has 0 bridgehead atoms. The van der Waals surface area contributed by atoms with Crippen LogP contribution in [0.25, 0.3) is 77.1 Å². The van der Waals surface area contributed by atoms with Gasteiger partial charge in [-0.05, 0) is 99.4 Å². The van der Waals surface area contributed by atoms with Crippen molar-refractivity contribution in [2.45, 2.75) is 13.1 Å². The predicted octanol–water partition coefficient (Wildman–Crippen LogP) is 12.9. The molecule has 7 aromatic carbocycles. The Balaban J connectivity index is 1.18. The van der Waals surface area contributed by atoms with Crippen molar-refractivity contribution in [3.05, 3.63) is 205 Å². The van der Waals surface area contributed by atoms with Gasteiger partial charge in [-0.25, -0.2) is 9.83 Å². The van der Waals surface area contributed by atoms with Gasteiger partial charge in [0, 0.05) is 41.0 Å². The topological polar surface area (TPSA) is 25.4 Å². The zero-order valence-corrected chi connectivity index (χ0v) is 29.5. The number of rotatable bonds is 5. The van der Waals surface area contributed by atoms with Crippen LogP contribution in [0, 0.1) is 6.57 Å². The van der Waals surface area contributed by atoms with Gasteiger partial charge in [-0.2, -0.15) is 0 Å². The molecule has 1 aliphatic heterocycles. The molecular formula is C50H34N4. The highest BCUT2D eigenvalue weighted by Gasteiger charge is 2.23. The zero-order valence-electron chi connectivity index (χ0n) is 29.5. The average Bonchev–Trinajstić information content (AvgIpc) is 3.48. The molecule has 0 fully saturated rings. The van der Waals surface area contributed by atoms with Gasteiger partial charge in [0.15, 0.2) is 5.69 Å². The Morgan fingerprint density at radius 3 is 1.72 bits per heavy atom. The highest BCUT2D eigenvalue weighted by Crippen LogP contribution is 2.41. The normalized spacial score (nSPS) is 12.2. The molecule has 0 saturated heterocycles. The van der Waals surface area contributed by atoms with Gasteiger partial charge in [0.1, 0.15) is 0 Å². The molecule has 1 aliphatic rings. The Bertz CT molecular complexity index is 2830. The van der Waals surface area contributed by atoms with Crippen LogP contribution in [-0.2, 0) is 13.1 Å². The van der Waals surface area contributed by atoms with Crippen molar-refractivity contribution in [1.29, 1.82) is 0 Å². The summed E-state index contributed by atoms with van der Waals surface area (Å²) in [6.45, 7) is 9.25. The number of anilines is 1. The first kappa shape index (κ1) is 31.5. The Kier molecular flexibility index (Phi) is 7.63. The molecule has 0 radical (unpaired) electrons. The van der Waals surface area contributed by atoms with Crippen LogP contribution in [-0.4, -0.2) is 9.55 Å². The van der Waals surface area contributed by atoms with Gasteiger partial charge in [-0.3, -0.25) is 0 Å². The summed E-state index contributed by atoms with van der Waals surface area (Å²) in [6.07, 6.45) is 0. The molecule has 0 unspecified atom stereocenters. The number of aromatic nitrogens is 2. The Hall–Kier alpha value is -7.22. The summed E-state index contributed by atoms with van der Waals surface area (Å²) >= 11 is 0. The van der Waals surface area contributed by atoms with Crippen LogP contribution in [0.4, 0.5) is 11.4 Å². The van der Waals surface area contributed by atoms with Crippen LogP contribution >= 0.6 is 0 Å². The lowest BCUT2D eigenvalue weighted by atomic mass is 9.91. The first-order chi connectivity index (χ1) is 26.7. The van der Waals surface area contributed by atoms with E-state index >= 15 is 0 Å². The van der Waals surface area contributed by atoms with E-state index in [1.165, 1.54) is 27.9 Å². The Labute approximate surface area is 314 Å². The van der Waals surface area contributed by atoms with Gasteiger partial charge in [-0.1, -0.05) is 121 Å². The summed E-state index contributed by atoms with van der Waals surface area (Å²) in [7, 11) is 0. The van der Waals surface area contributed by atoms with E-state index in [-0.39, 0.29) is 0 Å². The van der Waals surface area contributed by atoms with Crippen molar-refractivity contribution in [2.24, 2.45) is 0 Å². The smallest absolute Gasteiger partial charge is 0.188 e. The number of benzene rings is 7. The van der Waals surface area contributed by atoms with Crippen molar-refractivity contribution in [2.75, 3.05) is 4.90 Å². The maximum absolute atomic E-state index is 7.67. The lowest BCUT2D eigenvalue weighted by Crippen LogP contribution is -2.20. The Morgan fingerprint density at radius 1 is 0.444 bits per heavy atom. The molecule has 0 spiro atoms. The van der Waals surface area contributed by atoms with Gasteiger partial charge < -0.3 is 9.47 Å². The van der Waals surface area contributed by atoms with Crippen molar-refractivity contribution in [1.82, 2.24) is 9.55 Å². The molecule has 0 aliphatic carbocycles. The van der Waals surface area contributed by atoms with Gasteiger partial charge in [0.25, 0.3) is 0 Å². The van der Waals surface area contributed by atoms with E-state index in [9.17, 15) is 0 Å². The summed E-state index contributed by atoms with van der Waals surface area (Å²) in [6, 6.07) is 64.6. The molecule has 9 aromatic rings. The number of fused-ring (bicyclic) bond motifs is 6. The van der Waals surface area contributed by atoms with Gasteiger partial charge >= 0.3 is 0 Å². The number of para-hydroxylation sites is 2. The van der Waals surface area contributed by atoms with E-state index in [2.05, 4.69) is 172 Å². The highest BCUT2D eigenvalue weighted by molar-refractivity contribution is 6.10. The predicted molar refractivity (Wildman–Crippen MR) is 223 cm³/mol. The lowest BCUT2D eigenvalue weighted by molar-refractivity contribution is 0.812. The molecule has 0 amide bonds. The maximum atomic E-state index is 7.67. The molecule has 3 heterocycles. The Morgan fingerprint density at radius 2 is 1.04 bits per heavy atom. The van der Waals surface area contributed by atoms with E-state index in [0.29, 0.717) is 5.69 Å². The summed E-state index contributed by atoms with van der Waals surface area (Å²) < 4.78 is 2.35. The van der Waals surface area contributed by atoms with Gasteiger partial charge in [0.2, 0.25) is 0 Å². The molecular weight excluding hydrogens is 657 g/mol. The van der Waals surface area contributed by atoms with E-state index in [1.54, 1.807) is 0 Å². The van der Waals surface area contributed by atoms with Gasteiger partial charge in [-0.15, -0.1) is 0 Å². The maximum Gasteiger partial charge on any atom is 0.188 e. The largest absolute Gasteiger partial charge is 0.363 e. The minimum atomic E-state index is 0.650. The summed E-state index contributed by atoms with van der Waals surface area (Å²) in [5.41, 5.74) is 16.6. The highest BCUT2D eigenvalue weighted by atomic mass is 15.1. The molecule has 254 valence electrons. The summed E-state index contributed by atoms with van der Waals surface area (Å²) in [5.74, 6) is 0. The quantitative estimate of drug-likeness (QED) is 0.168. The fourth-order valence-electron chi connectivity index (χ4n) is 8.04. The average molecular weight is 691 g/mol. The van der Waals surface area contributed by atoms with E-state index in [0.717, 1.165) is 74.2 Å². The molecule has 0 saturated carbocycles. The SMILES string of the molecule is [C-]#[N+]c1ccc2c(c1)c1ccccc1n2-c1ccc2c(c1)-c1cc(-c3cc(-c4ccccc4)nc(-c4ccccc4)c3)ccc1CN(c1ccccc1)C2. The van der Waals surface area contributed by atoms with Crippen molar-refractivity contribution >= 4 is 33.2 Å². The van der Waals surface area contributed by atoms with Crippen LogP contribution in [0.15, 0.2) is 182 Å². The third-order valence-electron chi connectivity index (χ3n) is 10.7. The first-order valence-electron chi connectivity index (χ1n) is 18.3. The summed E-state index contributed by atoms with van der Waals surface area (Å²) in [4.78, 5) is 11.4. The number of pyridine rings is 1. The van der Waals surface area contributed by atoms with Gasteiger partial charge in [0.05, 0.1) is 29.0 Å². The third-order valence-corrected chi connectivity index (χ3v) is 10.7. The number of nitrogens with zero attached hydrogens (tertiary/aromatic N) is 4. The number of hydrogen-bond donors (Lipinski definition) is 0. The standard InChI is InChI=1S/C50H34N4/c1-51-40-24-26-50-46(30-40)43-19-11-12-20-49(43)54(50)42-25-23-38-33-53(41-17-9-4-10-18-41)32-37-22-21-36(27-44(37)45(38)31-42)39-28-47(34-13-5-2-6-14-34)52-48(29-39)35-15-7-3-8-16-35/h2-31H,32-33H2. The van der Waals surface area contributed by atoms with Crippen LogP contribution in [0.2, 0.25) is 0 Å². The van der Waals surface area contributed by atoms with Crippen LogP contribution in [0.3, 0.4) is 0 Å². The fraction of sp³-hybridized carbons (Fsp3) is 0.0400. The second-order valence-electron chi connectivity index (χ2n) is 13.9. The third kappa shape index (κ3) is 5.51. The summed E-state index contributed by atoms with van der Waals surface area (Å²) in [5, 5.41) is 2.24. The molecule has 54 heavy (non-hydrogen) atoms. The monoisotopic (exact) mass is 690 g/mol. The van der Waals surface area contributed by atoms with Crippen LogP contribution < -0.4 is 4.90 Å². The molecule has 4 nitrogen and oxygen atoms in total. The lowest BCUT2D eigenvalue weighted by Gasteiger charge is -2.24. The number of hydrogen-bond acceptors (Lipinski definition) is 2. The fourth-order valence-corrected chi connectivity index (χ4v) is 8.04. The van der Waals surface area contributed by atoms with Crippen molar-refractivity contribution in [3.8, 4) is 50.5 Å². The van der Waals surface area contributed by atoms with E-state index in [4.69, 9.17) is 11.6 Å². The second-order valence-corrected chi connectivity index (χ2v) is 13.9. The van der Waals surface area contributed by atoms with E-state index in [1.807, 2.05) is 24.3 Å². The molecule has 10 rings (SSSR count). The minimum absolute atomic E-state index is 0.650.